The maximum atomic E-state index is 6.13. The van der Waals surface area contributed by atoms with Gasteiger partial charge in [-0.2, -0.15) is 5.10 Å². The van der Waals surface area contributed by atoms with Gasteiger partial charge in [0, 0.05) is 17.0 Å². The fourth-order valence-corrected chi connectivity index (χ4v) is 3.01. The van der Waals surface area contributed by atoms with Crippen LogP contribution >= 0.6 is 34.8 Å². The monoisotopic (exact) mass is 340 g/mol. The normalized spacial score (nSPS) is 15.5. The number of hydrogen-bond acceptors (Lipinski definition) is 3. The number of para-hydroxylation sites is 1. The van der Waals surface area contributed by atoms with E-state index in [9.17, 15) is 0 Å². The van der Waals surface area contributed by atoms with E-state index in [1.54, 1.807) is 12.1 Å². The lowest BCUT2D eigenvalue weighted by Gasteiger charge is -2.19. The minimum absolute atomic E-state index is 0.428. The van der Waals surface area contributed by atoms with Crippen molar-refractivity contribution in [2.24, 2.45) is 5.10 Å². The zero-order valence-electron chi connectivity index (χ0n) is 10.9. The van der Waals surface area contributed by atoms with Crippen LogP contribution in [0.4, 0.5) is 5.69 Å². The predicted molar refractivity (Wildman–Crippen MR) is 88.2 cm³/mol. The number of ether oxygens (including phenoxy) is 1. The molecule has 0 amide bonds. The maximum absolute atomic E-state index is 6.13. The first-order valence-corrected chi connectivity index (χ1v) is 7.48. The van der Waals surface area contributed by atoms with Crippen molar-refractivity contribution >= 4 is 46.2 Å². The van der Waals surface area contributed by atoms with Gasteiger partial charge in [0.25, 0.3) is 0 Å². The highest BCUT2D eigenvalue weighted by molar-refractivity contribution is 6.41. The molecule has 0 aromatic heterocycles. The van der Waals surface area contributed by atoms with Gasteiger partial charge in [0.2, 0.25) is 0 Å². The molecule has 0 atom stereocenters. The predicted octanol–water partition coefficient (Wildman–Crippen LogP) is 5.25. The van der Waals surface area contributed by atoms with Crippen molar-refractivity contribution in [1.29, 1.82) is 0 Å². The lowest BCUT2D eigenvalue weighted by Crippen LogP contribution is -2.17. The highest BCUT2D eigenvalue weighted by atomic mass is 35.5. The summed E-state index contributed by atoms with van der Waals surface area (Å²) >= 11 is 18.1. The summed E-state index contributed by atoms with van der Waals surface area (Å²) in [5, 5.41) is 5.76. The van der Waals surface area contributed by atoms with Crippen LogP contribution in [-0.4, -0.2) is 12.3 Å². The fourth-order valence-electron chi connectivity index (χ4n) is 2.11. The lowest BCUT2D eigenvalue weighted by molar-refractivity contribution is 0.320. The van der Waals surface area contributed by atoms with E-state index < -0.39 is 0 Å². The Bertz CT molecular complexity index is 693. The second kappa shape index (κ2) is 6.14. The van der Waals surface area contributed by atoms with Crippen molar-refractivity contribution in [3.63, 3.8) is 0 Å². The van der Waals surface area contributed by atoms with Crippen molar-refractivity contribution in [3.05, 3.63) is 57.0 Å². The summed E-state index contributed by atoms with van der Waals surface area (Å²) in [6, 6.07) is 11.0. The summed E-state index contributed by atoms with van der Waals surface area (Å²) < 4.78 is 5.59. The Hall–Kier alpha value is -1.42. The molecule has 1 heterocycles. The van der Waals surface area contributed by atoms with Gasteiger partial charge in [0.1, 0.15) is 5.75 Å². The fraction of sp³-hybridized carbons (Fsp3) is 0.133. The van der Waals surface area contributed by atoms with Crippen molar-refractivity contribution < 1.29 is 4.74 Å². The largest absolute Gasteiger partial charge is 0.492 e. The Morgan fingerprint density at radius 3 is 2.52 bits per heavy atom. The summed E-state index contributed by atoms with van der Waals surface area (Å²) in [5.74, 6) is 0.831. The summed E-state index contributed by atoms with van der Waals surface area (Å²) in [6.45, 7) is 0.597. The molecule has 0 spiro atoms. The SMILES string of the molecule is Clc1cc(Cl)c(N/N=C2\CCOc3ccccc32)c(Cl)c1. The molecule has 1 aliphatic rings. The third-order valence-corrected chi connectivity index (χ3v) is 3.92. The summed E-state index contributed by atoms with van der Waals surface area (Å²) in [6.07, 6.45) is 0.715. The van der Waals surface area contributed by atoms with Crippen LogP contribution in [0, 0.1) is 0 Å². The zero-order valence-corrected chi connectivity index (χ0v) is 13.1. The molecule has 0 fully saturated rings. The minimum Gasteiger partial charge on any atom is -0.492 e. The van der Waals surface area contributed by atoms with Crippen LogP contribution in [0.1, 0.15) is 12.0 Å². The Labute approximate surface area is 137 Å². The molecule has 108 valence electrons. The molecule has 3 nitrogen and oxygen atoms in total. The van der Waals surface area contributed by atoms with Crippen LogP contribution in [0.25, 0.3) is 0 Å². The smallest absolute Gasteiger partial charge is 0.128 e. The average molecular weight is 342 g/mol. The minimum atomic E-state index is 0.428. The van der Waals surface area contributed by atoms with E-state index in [4.69, 9.17) is 39.5 Å². The van der Waals surface area contributed by atoms with Crippen LogP contribution in [0.3, 0.4) is 0 Å². The molecular weight excluding hydrogens is 331 g/mol. The van der Waals surface area contributed by atoms with Crippen LogP contribution in [0.15, 0.2) is 41.5 Å². The molecule has 3 rings (SSSR count). The van der Waals surface area contributed by atoms with Crippen LogP contribution in [-0.2, 0) is 0 Å². The van der Waals surface area contributed by atoms with Crippen molar-refractivity contribution in [2.75, 3.05) is 12.0 Å². The topological polar surface area (TPSA) is 33.6 Å². The van der Waals surface area contributed by atoms with Crippen molar-refractivity contribution in [3.8, 4) is 5.75 Å². The number of anilines is 1. The van der Waals surface area contributed by atoms with Crippen LogP contribution < -0.4 is 10.2 Å². The van der Waals surface area contributed by atoms with Gasteiger partial charge >= 0.3 is 0 Å². The Kier molecular flexibility index (Phi) is 4.24. The molecule has 0 radical (unpaired) electrons. The van der Waals surface area contributed by atoms with Gasteiger partial charge in [-0.05, 0) is 24.3 Å². The summed E-state index contributed by atoms with van der Waals surface area (Å²) in [5.41, 5.74) is 5.34. The van der Waals surface area contributed by atoms with Gasteiger partial charge in [-0.25, -0.2) is 0 Å². The second-order valence-corrected chi connectivity index (χ2v) is 5.76. The number of benzene rings is 2. The van der Waals surface area contributed by atoms with Crippen LogP contribution in [0.2, 0.25) is 15.1 Å². The molecule has 1 aliphatic heterocycles. The van der Waals surface area contributed by atoms with Gasteiger partial charge in [-0.1, -0.05) is 46.9 Å². The van der Waals surface area contributed by atoms with Gasteiger partial charge in [-0.3, -0.25) is 5.43 Å². The highest BCUT2D eigenvalue weighted by Gasteiger charge is 2.16. The molecule has 0 saturated carbocycles. The first-order chi connectivity index (χ1) is 10.1. The number of rotatable bonds is 2. The van der Waals surface area contributed by atoms with E-state index in [1.807, 2.05) is 24.3 Å². The molecule has 2 aromatic carbocycles. The Morgan fingerprint density at radius 1 is 1.05 bits per heavy atom. The molecule has 0 saturated heterocycles. The Morgan fingerprint density at radius 2 is 1.76 bits per heavy atom. The average Bonchev–Trinajstić information content (AvgIpc) is 2.46. The van der Waals surface area contributed by atoms with Gasteiger partial charge in [0.15, 0.2) is 0 Å². The summed E-state index contributed by atoms with van der Waals surface area (Å²) in [4.78, 5) is 0. The second-order valence-electron chi connectivity index (χ2n) is 4.51. The van der Waals surface area contributed by atoms with E-state index in [2.05, 4.69) is 10.5 Å². The van der Waals surface area contributed by atoms with Gasteiger partial charge in [0.05, 0.1) is 28.1 Å². The molecule has 1 N–H and O–H groups in total. The first kappa shape index (κ1) is 14.5. The maximum Gasteiger partial charge on any atom is 0.128 e. The number of nitrogens with one attached hydrogen (secondary N) is 1. The highest BCUT2D eigenvalue weighted by Crippen LogP contribution is 2.34. The third-order valence-electron chi connectivity index (χ3n) is 3.10. The van der Waals surface area contributed by atoms with Crippen LogP contribution in [0.5, 0.6) is 5.75 Å². The molecule has 0 unspecified atom stereocenters. The van der Waals surface area contributed by atoms with E-state index in [0.717, 1.165) is 17.0 Å². The number of fused-ring (bicyclic) bond motifs is 1. The van der Waals surface area contributed by atoms with E-state index in [0.29, 0.717) is 33.8 Å². The quantitative estimate of drug-likeness (QED) is 0.757. The molecule has 0 bridgehead atoms. The summed E-state index contributed by atoms with van der Waals surface area (Å²) in [7, 11) is 0. The van der Waals surface area contributed by atoms with Crippen molar-refractivity contribution in [1.82, 2.24) is 0 Å². The Balaban J connectivity index is 1.91. The number of hydrazone groups is 1. The number of halogens is 3. The first-order valence-electron chi connectivity index (χ1n) is 6.34. The third kappa shape index (κ3) is 3.10. The lowest BCUT2D eigenvalue weighted by atomic mass is 10.0. The van der Waals surface area contributed by atoms with Gasteiger partial charge < -0.3 is 4.74 Å². The molecule has 2 aromatic rings. The number of hydrogen-bond donors (Lipinski definition) is 1. The van der Waals surface area contributed by atoms with Gasteiger partial charge in [-0.15, -0.1) is 0 Å². The molecule has 21 heavy (non-hydrogen) atoms. The van der Waals surface area contributed by atoms with E-state index in [1.165, 1.54) is 0 Å². The zero-order chi connectivity index (χ0) is 14.8. The molecule has 6 heteroatoms. The standard InChI is InChI=1S/C15H11Cl3N2O/c16-9-7-11(17)15(12(18)8-9)20-19-13-5-6-21-14-4-2-1-3-10(13)14/h1-4,7-8,20H,5-6H2/b19-13+. The number of nitrogens with zero attached hydrogens (tertiary/aromatic N) is 1. The van der Waals surface area contributed by atoms with E-state index in [-0.39, 0.29) is 0 Å². The van der Waals surface area contributed by atoms with E-state index >= 15 is 0 Å². The van der Waals surface area contributed by atoms with Crippen molar-refractivity contribution in [2.45, 2.75) is 6.42 Å². The molecular formula is C15H11Cl3N2O. The molecule has 0 aliphatic carbocycles.